The lowest BCUT2D eigenvalue weighted by Crippen LogP contribution is -2.39. The predicted octanol–water partition coefficient (Wildman–Crippen LogP) is 6.22. The molecule has 2 aliphatic rings. The normalized spacial score (nSPS) is 18.3. The van der Waals surface area contributed by atoms with Crippen LogP contribution in [-0.4, -0.2) is 30.6 Å². The second-order valence-electron chi connectivity index (χ2n) is 8.35. The van der Waals surface area contributed by atoms with Gasteiger partial charge in [0.05, 0.1) is 5.69 Å². The molecule has 3 nitrogen and oxygen atoms in total. The molecule has 1 unspecified atom stereocenters. The number of fused-ring (bicyclic) bond motifs is 2. The number of likely N-dealkylation sites (tertiary alicyclic amines) is 1. The van der Waals surface area contributed by atoms with Crippen LogP contribution in [0.4, 0.5) is 15.8 Å². The molecule has 1 fully saturated rings. The van der Waals surface area contributed by atoms with E-state index in [1.165, 1.54) is 12.0 Å². The molecule has 0 radical (unpaired) electrons. The van der Waals surface area contributed by atoms with E-state index >= 15 is 0 Å². The van der Waals surface area contributed by atoms with Crippen LogP contribution in [0.25, 0.3) is 0 Å². The van der Waals surface area contributed by atoms with Gasteiger partial charge in [-0.15, -0.1) is 0 Å². The first-order valence-electron chi connectivity index (χ1n) is 10.9. The standard InChI is InChI=1S/C26H26ClFN2O/c27-21-6-3-5-19(15-21)12-14-29-13-4-7-23(29)17-30-24-11-10-22(28)16-20(24)18-31-26-9-2-1-8-25(26)30/h1-3,5-6,8-11,15-16,23H,4,7,12-14,17-18H2. The highest BCUT2D eigenvalue weighted by Crippen LogP contribution is 2.40. The molecule has 0 aromatic heterocycles. The van der Waals surface area contributed by atoms with Crippen LogP contribution in [0.1, 0.15) is 24.0 Å². The van der Waals surface area contributed by atoms with E-state index in [1.807, 2.05) is 36.4 Å². The van der Waals surface area contributed by atoms with Crippen molar-refractivity contribution in [2.75, 3.05) is 24.5 Å². The van der Waals surface area contributed by atoms with Gasteiger partial charge >= 0.3 is 0 Å². The molecule has 3 aromatic carbocycles. The van der Waals surface area contributed by atoms with E-state index in [4.69, 9.17) is 16.3 Å². The van der Waals surface area contributed by atoms with Crippen molar-refractivity contribution in [1.82, 2.24) is 4.90 Å². The summed E-state index contributed by atoms with van der Waals surface area (Å²) < 4.78 is 20.0. The number of para-hydroxylation sites is 2. The topological polar surface area (TPSA) is 15.7 Å². The van der Waals surface area contributed by atoms with Gasteiger partial charge in [0.1, 0.15) is 18.2 Å². The second kappa shape index (κ2) is 8.89. The van der Waals surface area contributed by atoms with Gasteiger partial charge in [-0.1, -0.05) is 35.9 Å². The third kappa shape index (κ3) is 4.41. The summed E-state index contributed by atoms with van der Waals surface area (Å²) in [6.07, 6.45) is 3.34. The summed E-state index contributed by atoms with van der Waals surface area (Å²) in [6.45, 7) is 3.35. The number of ether oxygens (including phenoxy) is 1. The Kier molecular flexibility index (Phi) is 5.84. The molecule has 160 valence electrons. The average Bonchev–Trinajstić information content (AvgIpc) is 3.16. The highest BCUT2D eigenvalue weighted by molar-refractivity contribution is 6.30. The minimum atomic E-state index is -0.225. The average molecular weight is 437 g/mol. The van der Waals surface area contributed by atoms with Crippen molar-refractivity contribution in [3.05, 3.63) is 88.7 Å². The Morgan fingerprint density at radius 1 is 1.00 bits per heavy atom. The molecule has 3 aromatic rings. The van der Waals surface area contributed by atoms with Gasteiger partial charge in [-0.05, 0) is 73.8 Å². The molecule has 0 bridgehead atoms. The van der Waals surface area contributed by atoms with Gasteiger partial charge in [0.15, 0.2) is 0 Å². The van der Waals surface area contributed by atoms with Gasteiger partial charge in [0.2, 0.25) is 0 Å². The number of nitrogens with zero attached hydrogens (tertiary/aromatic N) is 2. The summed E-state index contributed by atoms with van der Waals surface area (Å²) >= 11 is 6.16. The van der Waals surface area contributed by atoms with Crippen molar-refractivity contribution in [2.45, 2.75) is 31.9 Å². The number of halogens is 2. The van der Waals surface area contributed by atoms with Crippen molar-refractivity contribution in [3.63, 3.8) is 0 Å². The maximum Gasteiger partial charge on any atom is 0.143 e. The van der Waals surface area contributed by atoms with Gasteiger partial charge < -0.3 is 9.64 Å². The maximum atomic E-state index is 13.9. The first kappa shape index (κ1) is 20.3. The van der Waals surface area contributed by atoms with Gasteiger partial charge in [-0.2, -0.15) is 0 Å². The summed E-state index contributed by atoms with van der Waals surface area (Å²) in [6, 6.07) is 21.7. The molecule has 2 aliphatic heterocycles. The smallest absolute Gasteiger partial charge is 0.143 e. The molecule has 5 rings (SSSR count). The lowest BCUT2D eigenvalue weighted by Gasteiger charge is -2.32. The van der Waals surface area contributed by atoms with E-state index in [2.05, 4.69) is 28.0 Å². The number of benzene rings is 3. The van der Waals surface area contributed by atoms with Crippen molar-refractivity contribution in [3.8, 4) is 5.75 Å². The summed E-state index contributed by atoms with van der Waals surface area (Å²) in [7, 11) is 0. The minimum absolute atomic E-state index is 0.225. The van der Waals surface area contributed by atoms with Crippen LogP contribution < -0.4 is 9.64 Å². The Labute approximate surface area is 188 Å². The van der Waals surface area contributed by atoms with Gasteiger partial charge in [0, 0.05) is 35.4 Å². The third-order valence-electron chi connectivity index (χ3n) is 6.34. The zero-order valence-electron chi connectivity index (χ0n) is 17.4. The largest absolute Gasteiger partial charge is 0.487 e. The Bertz CT molecular complexity index is 1070. The minimum Gasteiger partial charge on any atom is -0.487 e. The Morgan fingerprint density at radius 3 is 2.81 bits per heavy atom. The fraction of sp³-hybridized carbons (Fsp3) is 0.308. The Morgan fingerprint density at radius 2 is 1.90 bits per heavy atom. The molecular weight excluding hydrogens is 411 g/mol. The number of rotatable bonds is 5. The number of hydrogen-bond donors (Lipinski definition) is 0. The molecular formula is C26H26ClFN2O. The maximum absolute atomic E-state index is 13.9. The van der Waals surface area contributed by atoms with Gasteiger partial charge in [-0.3, -0.25) is 4.90 Å². The van der Waals surface area contributed by atoms with Crippen LogP contribution in [-0.2, 0) is 13.0 Å². The fourth-order valence-electron chi connectivity index (χ4n) is 4.79. The van der Waals surface area contributed by atoms with Crippen molar-refractivity contribution in [2.24, 2.45) is 0 Å². The highest BCUT2D eigenvalue weighted by atomic mass is 35.5. The summed E-state index contributed by atoms with van der Waals surface area (Å²) in [4.78, 5) is 4.90. The Hall–Kier alpha value is -2.56. The van der Waals surface area contributed by atoms with Gasteiger partial charge in [-0.25, -0.2) is 4.39 Å². The molecule has 0 aliphatic carbocycles. The molecule has 0 spiro atoms. The van der Waals surface area contributed by atoms with Crippen LogP contribution >= 0.6 is 11.6 Å². The molecule has 1 atom stereocenters. The fourth-order valence-corrected chi connectivity index (χ4v) is 5.00. The van der Waals surface area contributed by atoms with E-state index in [9.17, 15) is 4.39 Å². The molecule has 31 heavy (non-hydrogen) atoms. The monoisotopic (exact) mass is 436 g/mol. The zero-order valence-corrected chi connectivity index (χ0v) is 18.2. The second-order valence-corrected chi connectivity index (χ2v) is 8.79. The third-order valence-corrected chi connectivity index (χ3v) is 6.58. The first-order valence-corrected chi connectivity index (χ1v) is 11.3. The van der Waals surface area contributed by atoms with Crippen LogP contribution in [0.5, 0.6) is 5.75 Å². The van der Waals surface area contributed by atoms with Crippen LogP contribution in [0, 0.1) is 5.82 Å². The lowest BCUT2D eigenvalue weighted by atomic mass is 10.1. The molecule has 0 N–H and O–H groups in total. The highest BCUT2D eigenvalue weighted by Gasteiger charge is 2.30. The summed E-state index contributed by atoms with van der Waals surface area (Å²) in [5.41, 5.74) is 4.25. The van der Waals surface area contributed by atoms with Crippen molar-refractivity contribution >= 4 is 23.0 Å². The predicted molar refractivity (Wildman–Crippen MR) is 124 cm³/mol. The number of anilines is 2. The SMILES string of the molecule is Fc1ccc2c(c1)COc1ccccc1N2CC1CCCN1CCc1cccc(Cl)c1. The summed E-state index contributed by atoms with van der Waals surface area (Å²) in [5.74, 6) is 0.625. The lowest BCUT2D eigenvalue weighted by molar-refractivity contribution is 0.261. The molecule has 0 amide bonds. The number of hydrogen-bond acceptors (Lipinski definition) is 3. The van der Waals surface area contributed by atoms with E-state index in [1.54, 1.807) is 12.1 Å². The van der Waals surface area contributed by atoms with E-state index in [0.717, 1.165) is 60.2 Å². The molecule has 0 saturated carbocycles. The van der Waals surface area contributed by atoms with Gasteiger partial charge in [0.25, 0.3) is 0 Å². The van der Waals surface area contributed by atoms with Crippen LogP contribution in [0.15, 0.2) is 66.7 Å². The Balaban J connectivity index is 1.39. The van der Waals surface area contributed by atoms with E-state index < -0.39 is 0 Å². The molecule has 5 heteroatoms. The zero-order chi connectivity index (χ0) is 21.2. The van der Waals surface area contributed by atoms with E-state index in [-0.39, 0.29) is 5.82 Å². The van der Waals surface area contributed by atoms with Crippen molar-refractivity contribution in [1.29, 1.82) is 0 Å². The quantitative estimate of drug-likeness (QED) is 0.472. The van der Waals surface area contributed by atoms with E-state index in [0.29, 0.717) is 12.6 Å². The molecule has 2 heterocycles. The van der Waals surface area contributed by atoms with Crippen molar-refractivity contribution < 1.29 is 9.13 Å². The molecule has 1 saturated heterocycles. The van der Waals surface area contributed by atoms with Crippen LogP contribution in [0.2, 0.25) is 5.02 Å². The first-order chi connectivity index (χ1) is 15.2. The van der Waals surface area contributed by atoms with Crippen LogP contribution in [0.3, 0.4) is 0 Å². The summed E-state index contributed by atoms with van der Waals surface area (Å²) in [5, 5.41) is 0.792.